The van der Waals surface area contributed by atoms with Gasteiger partial charge in [-0.15, -0.1) is 0 Å². The maximum Gasteiger partial charge on any atom is 0.337 e. The minimum atomic E-state index is -2.01. The van der Waals surface area contributed by atoms with Crippen molar-refractivity contribution in [1.29, 1.82) is 0 Å². The second kappa shape index (κ2) is 6.78. The Balaban J connectivity index is 2.53. The molecule has 0 aliphatic rings. The van der Waals surface area contributed by atoms with Crippen LogP contribution in [0.2, 0.25) is 5.02 Å². The van der Waals surface area contributed by atoms with Gasteiger partial charge < -0.3 is 20.3 Å². The third-order valence-electron chi connectivity index (χ3n) is 2.87. The van der Waals surface area contributed by atoms with Crippen LogP contribution in [0, 0.1) is 13.8 Å². The van der Waals surface area contributed by atoms with E-state index in [0.29, 0.717) is 10.8 Å². The van der Waals surface area contributed by atoms with Crippen molar-refractivity contribution in [2.75, 3.05) is 13.2 Å². The number of carbonyl (C=O) groups is 2. The number of amides is 1. The Morgan fingerprint density at radius 3 is 2.33 bits per heavy atom. The van der Waals surface area contributed by atoms with Crippen LogP contribution in [0.1, 0.15) is 18.1 Å². The molecule has 0 aliphatic carbocycles. The average molecular weight is 316 g/mol. The number of aryl methyl sites for hydroxylation is 2. The third-order valence-corrected chi connectivity index (χ3v) is 3.47. The highest BCUT2D eigenvalue weighted by molar-refractivity contribution is 6.32. The van der Waals surface area contributed by atoms with Crippen LogP contribution in [0.4, 0.5) is 0 Å². The Hall–Kier alpha value is -1.79. The fourth-order valence-electron chi connectivity index (χ4n) is 1.54. The Bertz CT molecular complexity index is 533. The smallest absolute Gasteiger partial charge is 0.337 e. The lowest BCUT2D eigenvalue weighted by Gasteiger charge is -2.18. The molecule has 1 aromatic carbocycles. The van der Waals surface area contributed by atoms with Gasteiger partial charge in [0.05, 0.1) is 6.54 Å². The molecule has 3 N–H and O–H groups in total. The van der Waals surface area contributed by atoms with Gasteiger partial charge in [0.25, 0.3) is 5.91 Å². The van der Waals surface area contributed by atoms with E-state index >= 15 is 0 Å². The zero-order valence-corrected chi connectivity index (χ0v) is 12.8. The van der Waals surface area contributed by atoms with Gasteiger partial charge in [0.1, 0.15) is 5.75 Å². The molecule has 1 amide bonds. The van der Waals surface area contributed by atoms with Crippen molar-refractivity contribution in [1.82, 2.24) is 5.32 Å². The molecule has 6 nitrogen and oxygen atoms in total. The van der Waals surface area contributed by atoms with E-state index in [1.807, 2.05) is 13.8 Å². The molecule has 116 valence electrons. The number of aliphatic hydroxyl groups is 1. The molecule has 0 bridgehead atoms. The number of nitrogens with one attached hydrogen (secondary N) is 1. The molecule has 0 aromatic heterocycles. The van der Waals surface area contributed by atoms with Crippen LogP contribution in [0.5, 0.6) is 5.75 Å². The van der Waals surface area contributed by atoms with E-state index in [1.165, 1.54) is 0 Å². The maximum absolute atomic E-state index is 11.6. The molecule has 0 saturated heterocycles. The highest BCUT2D eigenvalue weighted by atomic mass is 35.5. The van der Waals surface area contributed by atoms with E-state index in [1.54, 1.807) is 12.1 Å². The van der Waals surface area contributed by atoms with Crippen molar-refractivity contribution < 1.29 is 24.5 Å². The minimum Gasteiger partial charge on any atom is -0.484 e. The van der Waals surface area contributed by atoms with E-state index in [-0.39, 0.29) is 6.61 Å². The zero-order valence-electron chi connectivity index (χ0n) is 12.1. The summed E-state index contributed by atoms with van der Waals surface area (Å²) in [6.07, 6.45) is 0. The molecule has 0 aliphatic heterocycles. The van der Waals surface area contributed by atoms with E-state index in [2.05, 4.69) is 5.32 Å². The zero-order chi connectivity index (χ0) is 16.2. The van der Waals surface area contributed by atoms with Crippen molar-refractivity contribution in [3.63, 3.8) is 0 Å². The van der Waals surface area contributed by atoms with Crippen LogP contribution in [-0.4, -0.2) is 40.8 Å². The lowest BCUT2D eigenvalue weighted by Crippen LogP contribution is -2.47. The summed E-state index contributed by atoms with van der Waals surface area (Å²) in [5.41, 5.74) is -0.342. The van der Waals surface area contributed by atoms with E-state index < -0.39 is 24.0 Å². The van der Waals surface area contributed by atoms with Crippen LogP contribution in [0.15, 0.2) is 12.1 Å². The number of hydrogen-bond acceptors (Lipinski definition) is 4. The summed E-state index contributed by atoms with van der Waals surface area (Å²) in [7, 11) is 0. The summed E-state index contributed by atoms with van der Waals surface area (Å²) in [5, 5.41) is 21.1. The molecule has 0 heterocycles. The van der Waals surface area contributed by atoms with Crippen LogP contribution in [0.25, 0.3) is 0 Å². The SMILES string of the molecule is Cc1cc(OCC(=O)NCC(C)(O)C(=O)O)cc(C)c1Cl. The van der Waals surface area contributed by atoms with Crippen molar-refractivity contribution in [2.45, 2.75) is 26.4 Å². The number of carbonyl (C=O) groups excluding carboxylic acids is 1. The van der Waals surface area contributed by atoms with Crippen LogP contribution in [-0.2, 0) is 9.59 Å². The summed E-state index contributed by atoms with van der Waals surface area (Å²) in [6, 6.07) is 3.41. The van der Waals surface area contributed by atoms with Gasteiger partial charge in [-0.05, 0) is 44.0 Å². The van der Waals surface area contributed by atoms with E-state index in [9.17, 15) is 14.7 Å². The van der Waals surface area contributed by atoms with Gasteiger partial charge >= 0.3 is 5.97 Å². The minimum absolute atomic E-state index is 0.282. The number of hydrogen-bond donors (Lipinski definition) is 3. The van der Waals surface area contributed by atoms with Gasteiger partial charge in [-0.1, -0.05) is 11.6 Å². The number of carboxylic acid groups (broad SMARTS) is 1. The first-order valence-corrected chi connectivity index (χ1v) is 6.63. The lowest BCUT2D eigenvalue weighted by molar-refractivity contribution is -0.156. The standard InChI is InChI=1S/C14H18ClNO5/c1-8-4-10(5-9(2)12(8)15)21-6-11(17)16-7-14(3,20)13(18)19/h4-5,20H,6-7H2,1-3H3,(H,16,17)(H,18,19). The number of ether oxygens (including phenoxy) is 1. The Kier molecular flexibility index (Phi) is 5.57. The van der Waals surface area contributed by atoms with Gasteiger partial charge in [-0.3, -0.25) is 4.79 Å². The molecule has 1 unspecified atom stereocenters. The summed E-state index contributed by atoms with van der Waals surface area (Å²) in [4.78, 5) is 22.2. The van der Waals surface area contributed by atoms with Crippen molar-refractivity contribution in [3.05, 3.63) is 28.3 Å². The number of carboxylic acids is 1. The van der Waals surface area contributed by atoms with Crippen LogP contribution >= 0.6 is 11.6 Å². The lowest BCUT2D eigenvalue weighted by atomic mass is 10.1. The van der Waals surface area contributed by atoms with E-state index in [0.717, 1.165) is 18.1 Å². The fourth-order valence-corrected chi connectivity index (χ4v) is 1.64. The molecule has 0 fully saturated rings. The summed E-state index contributed by atoms with van der Waals surface area (Å²) >= 11 is 6.02. The topological polar surface area (TPSA) is 95.9 Å². The first-order valence-electron chi connectivity index (χ1n) is 6.25. The number of rotatable bonds is 6. The first kappa shape index (κ1) is 17.3. The number of benzene rings is 1. The molecular weight excluding hydrogens is 298 g/mol. The number of halogens is 1. The Morgan fingerprint density at radius 2 is 1.86 bits per heavy atom. The molecule has 0 spiro atoms. The van der Waals surface area contributed by atoms with Crippen molar-refractivity contribution in [3.8, 4) is 5.75 Å². The monoisotopic (exact) mass is 315 g/mol. The molecule has 0 saturated carbocycles. The second-order valence-electron chi connectivity index (χ2n) is 5.02. The van der Waals surface area contributed by atoms with Crippen LogP contribution in [0.3, 0.4) is 0 Å². The Morgan fingerprint density at radius 1 is 1.33 bits per heavy atom. The third kappa shape index (κ3) is 4.91. The first-order chi connectivity index (χ1) is 9.63. The van der Waals surface area contributed by atoms with Gasteiger partial charge in [0.2, 0.25) is 0 Å². The summed E-state index contributed by atoms with van der Waals surface area (Å²) < 4.78 is 5.31. The molecule has 1 rings (SSSR count). The second-order valence-corrected chi connectivity index (χ2v) is 5.39. The van der Waals surface area contributed by atoms with Gasteiger partial charge in [-0.25, -0.2) is 4.79 Å². The molecule has 21 heavy (non-hydrogen) atoms. The molecule has 0 radical (unpaired) electrons. The van der Waals surface area contributed by atoms with E-state index in [4.69, 9.17) is 21.4 Å². The molecular formula is C14H18ClNO5. The predicted molar refractivity (Wildman–Crippen MR) is 77.7 cm³/mol. The van der Waals surface area contributed by atoms with Gasteiger partial charge in [-0.2, -0.15) is 0 Å². The molecule has 7 heteroatoms. The highest BCUT2D eigenvalue weighted by Crippen LogP contribution is 2.25. The van der Waals surface area contributed by atoms with Crippen molar-refractivity contribution >= 4 is 23.5 Å². The predicted octanol–water partition coefficient (Wildman–Crippen LogP) is 1.29. The highest BCUT2D eigenvalue weighted by Gasteiger charge is 2.30. The molecule has 1 atom stereocenters. The Labute approximate surface area is 127 Å². The quantitative estimate of drug-likeness (QED) is 0.735. The number of aliphatic carboxylic acids is 1. The fraction of sp³-hybridized carbons (Fsp3) is 0.429. The maximum atomic E-state index is 11.6. The largest absolute Gasteiger partial charge is 0.484 e. The summed E-state index contributed by atoms with van der Waals surface area (Å²) in [5.74, 6) is -1.44. The summed E-state index contributed by atoms with van der Waals surface area (Å²) in [6.45, 7) is 4.07. The van der Waals surface area contributed by atoms with Gasteiger partial charge in [0.15, 0.2) is 12.2 Å². The average Bonchev–Trinajstić information content (AvgIpc) is 2.40. The van der Waals surface area contributed by atoms with Gasteiger partial charge in [0, 0.05) is 5.02 Å². The van der Waals surface area contributed by atoms with Crippen molar-refractivity contribution in [2.24, 2.45) is 0 Å². The normalized spacial score (nSPS) is 13.4. The molecule has 1 aromatic rings. The van der Waals surface area contributed by atoms with Crippen LogP contribution < -0.4 is 10.1 Å².